The Hall–Kier alpha value is -2.95. The Morgan fingerprint density at radius 3 is 2.54 bits per heavy atom. The molecule has 1 aromatic heterocycles. The summed E-state index contributed by atoms with van der Waals surface area (Å²) in [5.74, 6) is 2.02. The minimum Gasteiger partial charge on any atom is -0.342 e. The zero-order chi connectivity index (χ0) is 19.3. The molecule has 1 aliphatic rings. The summed E-state index contributed by atoms with van der Waals surface area (Å²) in [4.78, 5) is 19.2. The second-order valence-electron chi connectivity index (χ2n) is 7.51. The van der Waals surface area contributed by atoms with E-state index in [9.17, 15) is 4.79 Å². The number of piperidine rings is 1. The van der Waals surface area contributed by atoms with Crippen LogP contribution in [0.3, 0.4) is 0 Å². The molecule has 0 saturated carbocycles. The van der Waals surface area contributed by atoms with E-state index >= 15 is 0 Å². The number of likely N-dealkylation sites (tertiary alicyclic amines) is 1. The van der Waals surface area contributed by atoms with Crippen molar-refractivity contribution in [2.75, 3.05) is 13.1 Å². The van der Waals surface area contributed by atoms with E-state index in [1.54, 1.807) is 0 Å². The Balaban J connectivity index is 1.29. The maximum absolute atomic E-state index is 12.6. The van der Waals surface area contributed by atoms with Gasteiger partial charge in [-0.3, -0.25) is 4.79 Å². The molecule has 5 nitrogen and oxygen atoms in total. The van der Waals surface area contributed by atoms with Crippen LogP contribution in [0.4, 0.5) is 0 Å². The average Bonchev–Trinajstić information content (AvgIpc) is 3.19. The summed E-state index contributed by atoms with van der Waals surface area (Å²) in [6.07, 6.45) is 3.21. The van der Waals surface area contributed by atoms with Crippen LogP contribution in [0.1, 0.15) is 29.9 Å². The minimum atomic E-state index is 0.219. The highest BCUT2D eigenvalue weighted by molar-refractivity contribution is 5.79. The fourth-order valence-electron chi connectivity index (χ4n) is 3.76. The molecule has 0 aliphatic carbocycles. The first kappa shape index (κ1) is 18.4. The average molecular weight is 375 g/mol. The number of benzene rings is 2. The molecule has 1 saturated heterocycles. The maximum atomic E-state index is 12.6. The lowest BCUT2D eigenvalue weighted by molar-refractivity contribution is -0.131. The van der Waals surface area contributed by atoms with Gasteiger partial charge in [0.25, 0.3) is 0 Å². The summed E-state index contributed by atoms with van der Waals surface area (Å²) in [5.41, 5.74) is 3.26. The summed E-state index contributed by atoms with van der Waals surface area (Å²) in [7, 11) is 0. The zero-order valence-corrected chi connectivity index (χ0v) is 16.2. The molecule has 28 heavy (non-hydrogen) atoms. The van der Waals surface area contributed by atoms with E-state index in [1.165, 1.54) is 5.56 Å². The van der Waals surface area contributed by atoms with E-state index in [2.05, 4.69) is 23.1 Å². The van der Waals surface area contributed by atoms with Crippen molar-refractivity contribution in [2.45, 2.75) is 32.6 Å². The Bertz CT molecular complexity index is 928. The molecule has 0 unspecified atom stereocenters. The van der Waals surface area contributed by atoms with Gasteiger partial charge in [-0.05, 0) is 36.8 Å². The third kappa shape index (κ3) is 4.30. The lowest BCUT2D eigenvalue weighted by atomic mass is 9.93. The predicted molar refractivity (Wildman–Crippen MR) is 108 cm³/mol. The maximum Gasteiger partial charge on any atom is 0.227 e. The Morgan fingerprint density at radius 1 is 1.07 bits per heavy atom. The van der Waals surface area contributed by atoms with Crippen molar-refractivity contribution in [2.24, 2.45) is 5.92 Å². The zero-order valence-electron chi connectivity index (χ0n) is 16.2. The first-order valence-corrected chi connectivity index (χ1v) is 9.89. The normalized spacial score (nSPS) is 15.0. The van der Waals surface area contributed by atoms with Crippen LogP contribution in [0.5, 0.6) is 0 Å². The third-order valence-corrected chi connectivity index (χ3v) is 5.53. The molecule has 1 amide bonds. The molecule has 5 heteroatoms. The van der Waals surface area contributed by atoms with Crippen molar-refractivity contribution in [3.8, 4) is 11.4 Å². The van der Waals surface area contributed by atoms with E-state index in [1.807, 2.05) is 53.4 Å². The standard InChI is InChI=1S/C23H25N3O2/c1-17-7-5-6-10-20(17)16-22(27)26-13-11-18(12-14-26)15-21-24-23(25-28-21)19-8-3-2-4-9-19/h2-10,18H,11-16H2,1H3. The van der Waals surface area contributed by atoms with Crippen molar-refractivity contribution in [1.82, 2.24) is 15.0 Å². The van der Waals surface area contributed by atoms with Crippen molar-refractivity contribution in [3.63, 3.8) is 0 Å². The van der Waals surface area contributed by atoms with Crippen molar-refractivity contribution < 1.29 is 9.32 Å². The van der Waals surface area contributed by atoms with Gasteiger partial charge in [0.2, 0.25) is 17.6 Å². The van der Waals surface area contributed by atoms with Crippen LogP contribution in [0.2, 0.25) is 0 Å². The lowest BCUT2D eigenvalue weighted by Crippen LogP contribution is -2.39. The Kier molecular flexibility index (Phi) is 5.51. The van der Waals surface area contributed by atoms with Crippen LogP contribution in [-0.4, -0.2) is 34.0 Å². The van der Waals surface area contributed by atoms with Crippen LogP contribution in [-0.2, 0) is 17.6 Å². The number of hydrogen-bond acceptors (Lipinski definition) is 4. The number of amides is 1. The topological polar surface area (TPSA) is 59.2 Å². The van der Waals surface area contributed by atoms with E-state index < -0.39 is 0 Å². The van der Waals surface area contributed by atoms with Crippen molar-refractivity contribution in [3.05, 3.63) is 71.6 Å². The van der Waals surface area contributed by atoms with Gasteiger partial charge in [0.15, 0.2) is 0 Å². The van der Waals surface area contributed by atoms with Gasteiger partial charge < -0.3 is 9.42 Å². The van der Waals surface area contributed by atoms with Crippen molar-refractivity contribution in [1.29, 1.82) is 0 Å². The predicted octanol–water partition coefficient (Wildman–Crippen LogP) is 4.07. The highest BCUT2D eigenvalue weighted by Gasteiger charge is 2.25. The summed E-state index contributed by atoms with van der Waals surface area (Å²) < 4.78 is 5.45. The number of aryl methyl sites for hydroxylation is 1. The largest absolute Gasteiger partial charge is 0.342 e. The Morgan fingerprint density at radius 2 is 1.79 bits per heavy atom. The van der Waals surface area contributed by atoms with Gasteiger partial charge in [0, 0.05) is 25.1 Å². The molecule has 2 aromatic carbocycles. The first-order valence-electron chi connectivity index (χ1n) is 9.89. The fourth-order valence-corrected chi connectivity index (χ4v) is 3.76. The van der Waals surface area contributed by atoms with Crippen molar-refractivity contribution >= 4 is 5.91 Å². The molecular weight excluding hydrogens is 350 g/mol. The number of rotatable bonds is 5. The smallest absolute Gasteiger partial charge is 0.227 e. The van der Waals surface area contributed by atoms with E-state index in [4.69, 9.17) is 4.52 Å². The van der Waals surface area contributed by atoms with Crippen LogP contribution >= 0.6 is 0 Å². The van der Waals surface area contributed by atoms with Crippen LogP contribution in [0.25, 0.3) is 11.4 Å². The van der Waals surface area contributed by atoms with Crippen LogP contribution < -0.4 is 0 Å². The molecule has 4 rings (SSSR count). The summed E-state index contributed by atoms with van der Waals surface area (Å²) >= 11 is 0. The van der Waals surface area contributed by atoms with E-state index in [0.29, 0.717) is 24.1 Å². The van der Waals surface area contributed by atoms with Gasteiger partial charge in [-0.1, -0.05) is 59.8 Å². The van der Waals surface area contributed by atoms with Crippen LogP contribution in [0.15, 0.2) is 59.1 Å². The molecule has 0 N–H and O–H groups in total. The highest BCUT2D eigenvalue weighted by Crippen LogP contribution is 2.23. The quantitative estimate of drug-likeness (QED) is 0.674. The minimum absolute atomic E-state index is 0.219. The molecule has 2 heterocycles. The van der Waals surface area contributed by atoms with Gasteiger partial charge in [-0.15, -0.1) is 0 Å². The second-order valence-corrected chi connectivity index (χ2v) is 7.51. The molecule has 144 valence electrons. The van der Waals surface area contributed by atoms with Gasteiger partial charge >= 0.3 is 0 Å². The lowest BCUT2D eigenvalue weighted by Gasteiger charge is -2.31. The molecule has 0 bridgehead atoms. The van der Waals surface area contributed by atoms with Gasteiger partial charge in [-0.2, -0.15) is 4.98 Å². The molecule has 0 spiro atoms. The summed E-state index contributed by atoms with van der Waals surface area (Å²) in [6, 6.07) is 18.0. The SMILES string of the molecule is Cc1ccccc1CC(=O)N1CCC(Cc2nc(-c3ccccc3)no2)CC1. The monoisotopic (exact) mass is 375 g/mol. The first-order chi connectivity index (χ1) is 13.7. The second kappa shape index (κ2) is 8.38. The molecule has 0 atom stereocenters. The molecule has 1 aliphatic heterocycles. The molecule has 3 aromatic rings. The number of carbonyl (C=O) groups is 1. The number of carbonyl (C=O) groups excluding carboxylic acids is 1. The molecule has 0 radical (unpaired) electrons. The van der Waals surface area contributed by atoms with E-state index in [0.717, 1.165) is 43.5 Å². The highest BCUT2D eigenvalue weighted by atomic mass is 16.5. The summed E-state index contributed by atoms with van der Waals surface area (Å²) in [6.45, 7) is 3.66. The molecule has 1 fully saturated rings. The number of hydrogen-bond donors (Lipinski definition) is 0. The van der Waals surface area contributed by atoms with Gasteiger partial charge in [0.1, 0.15) is 0 Å². The summed E-state index contributed by atoms with van der Waals surface area (Å²) in [5, 5.41) is 4.10. The van der Waals surface area contributed by atoms with E-state index in [-0.39, 0.29) is 5.91 Å². The fraction of sp³-hybridized carbons (Fsp3) is 0.348. The van der Waals surface area contributed by atoms with Crippen LogP contribution in [0, 0.1) is 12.8 Å². The Labute approximate surface area is 165 Å². The number of nitrogens with zero attached hydrogens (tertiary/aromatic N) is 3. The molecular formula is C23H25N3O2. The van der Waals surface area contributed by atoms with Gasteiger partial charge in [0.05, 0.1) is 6.42 Å². The third-order valence-electron chi connectivity index (χ3n) is 5.53. The van der Waals surface area contributed by atoms with Gasteiger partial charge in [-0.25, -0.2) is 0 Å². The number of aromatic nitrogens is 2.